The van der Waals surface area contributed by atoms with Gasteiger partial charge in [-0.05, 0) is 42.0 Å². The summed E-state index contributed by atoms with van der Waals surface area (Å²) in [5.41, 5.74) is 0.573. The van der Waals surface area contributed by atoms with E-state index in [-0.39, 0.29) is 17.3 Å². The van der Waals surface area contributed by atoms with Crippen LogP contribution in [0.5, 0.6) is 0 Å². The zero-order valence-electron chi connectivity index (χ0n) is 19.6. The van der Waals surface area contributed by atoms with Gasteiger partial charge in [0.05, 0.1) is 4.90 Å². The Morgan fingerprint density at radius 1 is 0.917 bits per heavy atom. The third kappa shape index (κ3) is 3.59. The maximum atomic E-state index is 14.3. The Bertz CT molecular complexity index is 1560. The number of allylic oxidation sites excluding steroid dienone is 1. The predicted molar refractivity (Wildman–Crippen MR) is 138 cm³/mol. The van der Waals surface area contributed by atoms with E-state index < -0.39 is 20.2 Å². The zero-order valence-corrected chi connectivity index (χ0v) is 20.4. The molecule has 0 spiro atoms. The number of methoxy groups -OCH3 is 1. The van der Waals surface area contributed by atoms with Crippen LogP contribution in [0.15, 0.2) is 120 Å². The molecule has 7 heteroatoms. The molecule has 182 valence electrons. The van der Waals surface area contributed by atoms with Crippen LogP contribution in [-0.2, 0) is 36.3 Å². The Kier molecular flexibility index (Phi) is 6.12. The van der Waals surface area contributed by atoms with E-state index >= 15 is 0 Å². The van der Waals surface area contributed by atoms with E-state index in [1.54, 1.807) is 36.5 Å². The van der Waals surface area contributed by atoms with Crippen LogP contribution in [-0.4, -0.2) is 31.5 Å². The van der Waals surface area contributed by atoms with E-state index in [9.17, 15) is 13.2 Å². The number of H-pyrrole nitrogens is 1. The minimum atomic E-state index is -4.32. The molecule has 1 aromatic heterocycles. The molecule has 1 aliphatic carbocycles. The minimum absolute atomic E-state index is 0.00678. The normalized spacial score (nSPS) is 21.8. The number of aromatic amines is 1. The third-order valence-electron chi connectivity index (χ3n) is 6.65. The molecular weight excluding hydrogens is 474 g/mol. The van der Waals surface area contributed by atoms with Crippen molar-refractivity contribution >= 4 is 27.0 Å². The van der Waals surface area contributed by atoms with Crippen molar-refractivity contribution in [3.05, 3.63) is 126 Å². The average Bonchev–Trinajstić information content (AvgIpc) is 3.37. The number of rotatable bonds is 8. The van der Waals surface area contributed by atoms with E-state index in [4.69, 9.17) is 9.47 Å². The lowest BCUT2D eigenvalue weighted by molar-refractivity contribution is -0.115. The van der Waals surface area contributed by atoms with Gasteiger partial charge in [-0.25, -0.2) is 8.42 Å². The number of hydrogen-bond donors (Lipinski definition) is 1. The fraction of sp³-hybridized carbons (Fsp3) is 0.138. The van der Waals surface area contributed by atoms with Crippen LogP contribution in [0.25, 0.3) is 10.9 Å². The molecule has 0 radical (unpaired) electrons. The molecule has 0 aliphatic heterocycles. The number of aldehydes is 1. The second-order valence-corrected chi connectivity index (χ2v) is 10.7. The summed E-state index contributed by atoms with van der Waals surface area (Å²) in [5.74, 6) is 0.262. The lowest BCUT2D eigenvalue weighted by Crippen LogP contribution is -2.58. The van der Waals surface area contributed by atoms with Gasteiger partial charge in [0.25, 0.3) is 0 Å². The highest BCUT2D eigenvalue weighted by Crippen LogP contribution is 2.50. The van der Waals surface area contributed by atoms with Gasteiger partial charge in [0.2, 0.25) is 0 Å². The Balaban J connectivity index is 1.73. The number of aromatic nitrogens is 1. The molecule has 3 aromatic carbocycles. The molecule has 0 bridgehead atoms. The summed E-state index contributed by atoms with van der Waals surface area (Å²) in [6.07, 6.45) is 6.79. The van der Waals surface area contributed by atoms with Gasteiger partial charge in [-0.1, -0.05) is 66.7 Å². The molecule has 2 atom stereocenters. The van der Waals surface area contributed by atoms with E-state index in [1.807, 2.05) is 54.6 Å². The van der Waals surface area contributed by atoms with E-state index in [0.717, 1.165) is 16.5 Å². The second kappa shape index (κ2) is 9.26. The fourth-order valence-electron chi connectivity index (χ4n) is 4.80. The van der Waals surface area contributed by atoms with Crippen LogP contribution in [0, 0.1) is 0 Å². The maximum absolute atomic E-state index is 14.3. The Labute approximate surface area is 209 Å². The molecule has 4 aromatic rings. The van der Waals surface area contributed by atoms with Gasteiger partial charge >= 0.3 is 0 Å². The van der Waals surface area contributed by atoms with Crippen molar-refractivity contribution in [3.8, 4) is 0 Å². The molecule has 0 saturated heterocycles. The molecule has 0 fully saturated rings. The van der Waals surface area contributed by atoms with Crippen LogP contribution in [0.4, 0.5) is 0 Å². The summed E-state index contributed by atoms with van der Waals surface area (Å²) in [7, 11) is -2.91. The molecule has 1 heterocycles. The smallest absolute Gasteiger partial charge is 0.198 e. The van der Waals surface area contributed by atoms with Gasteiger partial charge in [-0.15, -0.1) is 0 Å². The van der Waals surface area contributed by atoms with Gasteiger partial charge in [-0.2, -0.15) is 0 Å². The predicted octanol–water partition coefficient (Wildman–Crippen LogP) is 5.09. The maximum Gasteiger partial charge on any atom is 0.198 e. The summed E-state index contributed by atoms with van der Waals surface area (Å²) >= 11 is 0. The number of benzene rings is 3. The number of carbonyl (C=O) groups excluding carboxylic acids is 1. The number of fused-ring (bicyclic) bond motifs is 1. The number of sulfone groups is 1. The van der Waals surface area contributed by atoms with Crippen molar-refractivity contribution in [1.82, 2.24) is 4.98 Å². The van der Waals surface area contributed by atoms with Crippen LogP contribution in [0.3, 0.4) is 0 Å². The minimum Gasteiger partial charge on any atom is -0.489 e. The van der Waals surface area contributed by atoms with E-state index in [0.29, 0.717) is 11.8 Å². The first-order valence-corrected chi connectivity index (χ1v) is 12.9. The molecular formula is C29H25NO5S. The van der Waals surface area contributed by atoms with Crippen molar-refractivity contribution in [2.24, 2.45) is 0 Å². The first-order chi connectivity index (χ1) is 17.5. The Morgan fingerprint density at radius 2 is 1.58 bits per heavy atom. The van der Waals surface area contributed by atoms with Crippen LogP contribution >= 0.6 is 0 Å². The molecule has 1 aliphatic rings. The van der Waals surface area contributed by atoms with Crippen molar-refractivity contribution in [1.29, 1.82) is 0 Å². The Morgan fingerprint density at radius 3 is 2.28 bits per heavy atom. The summed E-state index contributed by atoms with van der Waals surface area (Å²) in [5, 5.41) is 0.751. The van der Waals surface area contributed by atoms with Gasteiger partial charge in [-0.3, -0.25) is 0 Å². The summed E-state index contributed by atoms with van der Waals surface area (Å²) in [6, 6.07) is 24.9. The number of nitrogens with one attached hydrogen (secondary N) is 1. The monoisotopic (exact) mass is 499 g/mol. The standard InChI is InChI=1S/C29H25NO5S/c1-34-29(26-19-30-27-15-9-8-14-25(26)27)17-16-23(35-20-22-10-4-2-5-11-22)18-28(29,21-31)36(32,33)24-12-6-3-7-13-24/h2-19,21,30H,20H2,1H3. The molecule has 36 heavy (non-hydrogen) atoms. The Hall–Kier alpha value is -3.94. The van der Waals surface area contributed by atoms with Crippen molar-refractivity contribution in [2.75, 3.05) is 7.11 Å². The first kappa shape index (κ1) is 23.8. The highest BCUT2D eigenvalue weighted by atomic mass is 32.2. The highest BCUT2D eigenvalue weighted by molar-refractivity contribution is 7.93. The first-order valence-electron chi connectivity index (χ1n) is 11.4. The van der Waals surface area contributed by atoms with Gasteiger partial charge in [0, 0.05) is 29.8 Å². The fourth-order valence-corrected chi connectivity index (χ4v) is 6.76. The number of hydrogen-bond acceptors (Lipinski definition) is 5. The lowest BCUT2D eigenvalue weighted by atomic mass is 9.77. The zero-order chi connectivity index (χ0) is 25.2. The SMILES string of the molecule is COC1(c2c[nH]c3ccccc23)C=CC(OCc2ccccc2)=CC1(C=O)S(=O)(=O)c1ccccc1. The number of carbonyl (C=O) groups is 1. The largest absolute Gasteiger partial charge is 0.489 e. The van der Waals surface area contributed by atoms with Crippen LogP contribution in [0.2, 0.25) is 0 Å². The van der Waals surface area contributed by atoms with Gasteiger partial charge < -0.3 is 19.3 Å². The van der Waals surface area contributed by atoms with E-state index in [1.165, 1.54) is 25.3 Å². The molecule has 1 N–H and O–H groups in total. The third-order valence-corrected chi connectivity index (χ3v) is 8.95. The molecule has 0 saturated carbocycles. The number of para-hydroxylation sites is 1. The van der Waals surface area contributed by atoms with Gasteiger partial charge in [0.15, 0.2) is 14.6 Å². The van der Waals surface area contributed by atoms with Gasteiger partial charge in [0.1, 0.15) is 24.3 Å². The van der Waals surface area contributed by atoms with Crippen molar-refractivity contribution < 1.29 is 22.7 Å². The quantitative estimate of drug-likeness (QED) is 0.341. The lowest BCUT2D eigenvalue weighted by Gasteiger charge is -2.44. The summed E-state index contributed by atoms with van der Waals surface area (Å²) < 4.78 is 38.5. The summed E-state index contributed by atoms with van der Waals surface area (Å²) in [6.45, 7) is 0.213. The summed E-state index contributed by atoms with van der Waals surface area (Å²) in [4.78, 5) is 16.3. The van der Waals surface area contributed by atoms with E-state index in [2.05, 4.69) is 4.98 Å². The highest BCUT2D eigenvalue weighted by Gasteiger charge is 2.62. The second-order valence-electron chi connectivity index (χ2n) is 8.57. The average molecular weight is 500 g/mol. The topological polar surface area (TPSA) is 85.5 Å². The molecule has 5 rings (SSSR count). The molecule has 0 amide bonds. The molecule has 6 nitrogen and oxygen atoms in total. The van der Waals surface area contributed by atoms with Crippen molar-refractivity contribution in [2.45, 2.75) is 21.9 Å². The molecule has 2 unspecified atom stereocenters. The van der Waals surface area contributed by atoms with Crippen molar-refractivity contribution in [3.63, 3.8) is 0 Å². The number of ether oxygens (including phenoxy) is 2. The van der Waals surface area contributed by atoms with Crippen LogP contribution in [0.1, 0.15) is 11.1 Å². The van der Waals surface area contributed by atoms with Crippen LogP contribution < -0.4 is 0 Å².